The highest BCUT2D eigenvalue weighted by Crippen LogP contribution is 2.22. The molecule has 1 aliphatic heterocycles. The number of rotatable bonds is 2. The van der Waals surface area contributed by atoms with Gasteiger partial charge in [0.2, 0.25) is 0 Å². The van der Waals surface area contributed by atoms with Crippen molar-refractivity contribution in [2.24, 2.45) is 0 Å². The fourth-order valence-electron chi connectivity index (χ4n) is 2.01. The Labute approximate surface area is 91.9 Å². The van der Waals surface area contributed by atoms with Gasteiger partial charge in [-0.2, -0.15) is 0 Å². The molecule has 0 unspecified atom stereocenters. The van der Waals surface area contributed by atoms with Crippen LogP contribution in [0.5, 0.6) is 0 Å². The molecule has 0 radical (unpaired) electrons. The SMILES string of the molecule is CC(C)N1CCO[C@H](c2ccccc2)C1. The summed E-state index contributed by atoms with van der Waals surface area (Å²) < 4.78 is 5.80. The zero-order valence-corrected chi connectivity index (χ0v) is 9.52. The zero-order chi connectivity index (χ0) is 10.7. The number of morpholine rings is 1. The van der Waals surface area contributed by atoms with Gasteiger partial charge in [0.15, 0.2) is 0 Å². The van der Waals surface area contributed by atoms with Crippen molar-refractivity contribution < 1.29 is 4.74 Å². The van der Waals surface area contributed by atoms with Gasteiger partial charge < -0.3 is 4.74 Å². The van der Waals surface area contributed by atoms with E-state index in [1.54, 1.807) is 0 Å². The molecule has 1 heterocycles. The Bertz CT molecular complexity index is 297. The minimum Gasteiger partial charge on any atom is -0.371 e. The summed E-state index contributed by atoms with van der Waals surface area (Å²) in [6.45, 7) is 7.40. The average molecular weight is 205 g/mol. The highest BCUT2D eigenvalue weighted by molar-refractivity contribution is 5.18. The van der Waals surface area contributed by atoms with Crippen molar-refractivity contribution in [3.05, 3.63) is 35.9 Å². The molecule has 2 rings (SSSR count). The molecule has 1 atom stereocenters. The van der Waals surface area contributed by atoms with Crippen LogP contribution in [-0.4, -0.2) is 30.6 Å². The molecule has 1 aromatic rings. The fraction of sp³-hybridized carbons (Fsp3) is 0.538. The molecule has 0 amide bonds. The van der Waals surface area contributed by atoms with Gasteiger partial charge in [-0.05, 0) is 19.4 Å². The molecule has 1 aliphatic rings. The second-order valence-electron chi connectivity index (χ2n) is 4.36. The van der Waals surface area contributed by atoms with Gasteiger partial charge in [-0.25, -0.2) is 0 Å². The first-order chi connectivity index (χ1) is 7.27. The molecule has 2 heteroatoms. The lowest BCUT2D eigenvalue weighted by atomic mass is 10.1. The molecule has 0 N–H and O–H groups in total. The van der Waals surface area contributed by atoms with Gasteiger partial charge in [0, 0.05) is 19.1 Å². The van der Waals surface area contributed by atoms with Crippen molar-refractivity contribution in [1.82, 2.24) is 4.90 Å². The summed E-state index contributed by atoms with van der Waals surface area (Å²) in [4.78, 5) is 2.47. The van der Waals surface area contributed by atoms with E-state index >= 15 is 0 Å². The van der Waals surface area contributed by atoms with Gasteiger partial charge >= 0.3 is 0 Å². The van der Waals surface area contributed by atoms with Gasteiger partial charge in [-0.15, -0.1) is 0 Å². The lowest BCUT2D eigenvalue weighted by Gasteiger charge is -2.35. The van der Waals surface area contributed by atoms with Crippen molar-refractivity contribution in [3.8, 4) is 0 Å². The highest BCUT2D eigenvalue weighted by Gasteiger charge is 2.22. The normalized spacial score (nSPS) is 23.3. The molecule has 1 saturated heterocycles. The van der Waals surface area contributed by atoms with Crippen LogP contribution >= 0.6 is 0 Å². The summed E-state index contributed by atoms with van der Waals surface area (Å²) in [5.41, 5.74) is 1.29. The summed E-state index contributed by atoms with van der Waals surface area (Å²) in [5, 5.41) is 0. The van der Waals surface area contributed by atoms with E-state index in [1.807, 2.05) is 6.07 Å². The maximum atomic E-state index is 5.80. The molecule has 1 aromatic carbocycles. The largest absolute Gasteiger partial charge is 0.371 e. The molecule has 15 heavy (non-hydrogen) atoms. The maximum absolute atomic E-state index is 5.80. The van der Waals surface area contributed by atoms with Gasteiger partial charge in [0.25, 0.3) is 0 Å². The van der Waals surface area contributed by atoms with Crippen molar-refractivity contribution in [3.63, 3.8) is 0 Å². The minimum absolute atomic E-state index is 0.252. The molecule has 2 nitrogen and oxygen atoms in total. The maximum Gasteiger partial charge on any atom is 0.0952 e. The third kappa shape index (κ3) is 2.58. The van der Waals surface area contributed by atoms with Crippen molar-refractivity contribution >= 4 is 0 Å². The van der Waals surface area contributed by atoms with Crippen molar-refractivity contribution in [2.75, 3.05) is 19.7 Å². The predicted molar refractivity (Wildman–Crippen MR) is 61.8 cm³/mol. The van der Waals surface area contributed by atoms with Crippen LogP contribution in [0.2, 0.25) is 0 Å². The number of benzene rings is 1. The van der Waals surface area contributed by atoms with Gasteiger partial charge in [0.1, 0.15) is 0 Å². The van der Waals surface area contributed by atoms with E-state index in [9.17, 15) is 0 Å². The Balaban J connectivity index is 2.05. The first-order valence-electron chi connectivity index (χ1n) is 5.68. The molecule has 0 saturated carbocycles. The number of ether oxygens (including phenoxy) is 1. The standard InChI is InChI=1S/C13H19NO/c1-11(2)14-8-9-15-13(10-14)12-6-4-3-5-7-12/h3-7,11,13H,8-10H2,1-2H3/t13-/m0/s1. The monoisotopic (exact) mass is 205 g/mol. The third-order valence-corrected chi connectivity index (χ3v) is 3.00. The molecule has 0 spiro atoms. The lowest BCUT2D eigenvalue weighted by molar-refractivity contribution is -0.0401. The smallest absolute Gasteiger partial charge is 0.0952 e. The van der Waals surface area contributed by atoms with Crippen LogP contribution in [0.4, 0.5) is 0 Å². The zero-order valence-electron chi connectivity index (χ0n) is 9.52. The Morgan fingerprint density at radius 3 is 2.67 bits per heavy atom. The summed E-state index contributed by atoms with van der Waals surface area (Å²) >= 11 is 0. The topological polar surface area (TPSA) is 12.5 Å². The van der Waals surface area contributed by atoms with Crippen molar-refractivity contribution in [2.45, 2.75) is 26.0 Å². The van der Waals surface area contributed by atoms with Gasteiger partial charge in [0.05, 0.1) is 12.7 Å². The number of nitrogens with zero attached hydrogens (tertiary/aromatic N) is 1. The molecule has 82 valence electrons. The summed E-state index contributed by atoms with van der Waals surface area (Å²) in [7, 11) is 0. The van der Waals surface area contributed by atoms with Gasteiger partial charge in [-0.3, -0.25) is 4.90 Å². The molecule has 0 aromatic heterocycles. The first kappa shape index (κ1) is 10.7. The van der Waals surface area contributed by atoms with E-state index in [2.05, 4.69) is 43.0 Å². The van der Waals surface area contributed by atoms with E-state index in [1.165, 1.54) is 5.56 Å². The number of hydrogen-bond donors (Lipinski definition) is 0. The predicted octanol–water partition coefficient (Wildman–Crippen LogP) is 2.47. The second kappa shape index (κ2) is 4.77. The Kier molecular flexibility index (Phi) is 3.39. The van der Waals surface area contributed by atoms with Crippen molar-refractivity contribution in [1.29, 1.82) is 0 Å². The lowest BCUT2D eigenvalue weighted by Crippen LogP contribution is -2.42. The highest BCUT2D eigenvalue weighted by atomic mass is 16.5. The first-order valence-corrected chi connectivity index (χ1v) is 5.68. The van der Waals surface area contributed by atoms with Crippen LogP contribution in [-0.2, 0) is 4.74 Å². The van der Waals surface area contributed by atoms with Crippen LogP contribution in [0, 0.1) is 0 Å². The molecular weight excluding hydrogens is 186 g/mol. The molecule has 1 fully saturated rings. The van der Waals surface area contributed by atoms with E-state index in [0.717, 1.165) is 19.7 Å². The molecule has 0 bridgehead atoms. The van der Waals surface area contributed by atoms with E-state index in [-0.39, 0.29) is 6.10 Å². The Morgan fingerprint density at radius 1 is 1.27 bits per heavy atom. The molecular formula is C13H19NO. The Hall–Kier alpha value is -0.860. The summed E-state index contributed by atoms with van der Waals surface area (Å²) in [5.74, 6) is 0. The average Bonchev–Trinajstić information content (AvgIpc) is 2.30. The second-order valence-corrected chi connectivity index (χ2v) is 4.36. The van der Waals surface area contributed by atoms with E-state index in [4.69, 9.17) is 4.74 Å². The minimum atomic E-state index is 0.252. The van der Waals surface area contributed by atoms with E-state index < -0.39 is 0 Å². The van der Waals surface area contributed by atoms with Crippen LogP contribution in [0.1, 0.15) is 25.5 Å². The van der Waals surface area contributed by atoms with E-state index in [0.29, 0.717) is 6.04 Å². The van der Waals surface area contributed by atoms with Crippen LogP contribution in [0.15, 0.2) is 30.3 Å². The fourth-order valence-corrected chi connectivity index (χ4v) is 2.01. The number of hydrogen-bond acceptors (Lipinski definition) is 2. The van der Waals surface area contributed by atoms with Gasteiger partial charge in [-0.1, -0.05) is 30.3 Å². The molecule has 0 aliphatic carbocycles. The van der Waals surface area contributed by atoms with Crippen LogP contribution < -0.4 is 0 Å². The Morgan fingerprint density at radius 2 is 2.00 bits per heavy atom. The third-order valence-electron chi connectivity index (χ3n) is 3.00. The van der Waals surface area contributed by atoms with Crippen LogP contribution in [0.3, 0.4) is 0 Å². The quantitative estimate of drug-likeness (QED) is 0.735. The van der Waals surface area contributed by atoms with Crippen LogP contribution in [0.25, 0.3) is 0 Å². The summed E-state index contributed by atoms with van der Waals surface area (Å²) in [6, 6.07) is 11.1. The summed E-state index contributed by atoms with van der Waals surface area (Å²) in [6.07, 6.45) is 0.252.